The molecule has 0 saturated heterocycles. The highest BCUT2D eigenvalue weighted by Gasteiger charge is 2.21. The van der Waals surface area contributed by atoms with Crippen molar-refractivity contribution in [1.29, 1.82) is 5.26 Å². The summed E-state index contributed by atoms with van der Waals surface area (Å²) in [6.07, 6.45) is 1.15. The van der Waals surface area contributed by atoms with Gasteiger partial charge in [-0.2, -0.15) is 5.26 Å². The third-order valence-electron chi connectivity index (χ3n) is 6.21. The van der Waals surface area contributed by atoms with Crippen molar-refractivity contribution in [3.8, 4) is 11.8 Å². The molecule has 38 heavy (non-hydrogen) atoms. The Kier molecular flexibility index (Phi) is 10.0. The zero-order valence-electron chi connectivity index (χ0n) is 22.2. The number of carbonyl (C=O) groups excluding carboxylic acids is 2. The molecule has 0 aliphatic carbocycles. The van der Waals surface area contributed by atoms with Gasteiger partial charge in [0.2, 0.25) is 0 Å². The van der Waals surface area contributed by atoms with Gasteiger partial charge >= 0.3 is 5.97 Å². The van der Waals surface area contributed by atoms with Crippen molar-refractivity contribution in [1.82, 2.24) is 5.32 Å². The molecule has 1 N–H and O–H groups in total. The molecule has 0 heterocycles. The van der Waals surface area contributed by atoms with Gasteiger partial charge in [0.1, 0.15) is 18.2 Å². The van der Waals surface area contributed by atoms with E-state index in [-0.39, 0.29) is 42.7 Å². The van der Waals surface area contributed by atoms with Crippen LogP contribution >= 0.6 is 0 Å². The van der Waals surface area contributed by atoms with E-state index >= 15 is 0 Å². The van der Waals surface area contributed by atoms with Crippen LogP contribution in [0, 0.1) is 30.0 Å². The van der Waals surface area contributed by atoms with Gasteiger partial charge in [0.15, 0.2) is 0 Å². The lowest BCUT2D eigenvalue weighted by Crippen LogP contribution is -2.30. The van der Waals surface area contributed by atoms with Crippen LogP contribution in [0.15, 0.2) is 60.7 Å². The summed E-state index contributed by atoms with van der Waals surface area (Å²) < 4.78 is 24.5. The van der Waals surface area contributed by atoms with Crippen LogP contribution in [0.3, 0.4) is 0 Å². The number of ether oxygens (including phenoxy) is 2. The molecule has 7 heteroatoms. The number of hydrogen-bond acceptors (Lipinski definition) is 5. The van der Waals surface area contributed by atoms with E-state index in [1.165, 1.54) is 13.2 Å². The van der Waals surface area contributed by atoms with Gasteiger partial charge in [0.05, 0.1) is 24.8 Å². The first-order chi connectivity index (χ1) is 18.2. The Morgan fingerprint density at radius 3 is 2.55 bits per heavy atom. The minimum Gasteiger partial charge on any atom is -0.489 e. The lowest BCUT2D eigenvalue weighted by atomic mass is 9.94. The average Bonchev–Trinajstić information content (AvgIpc) is 2.91. The molecule has 1 atom stereocenters. The molecule has 1 unspecified atom stereocenters. The van der Waals surface area contributed by atoms with Crippen LogP contribution in [0.5, 0.6) is 5.75 Å². The Morgan fingerprint density at radius 2 is 1.87 bits per heavy atom. The molecule has 3 rings (SSSR count). The number of nitriles is 1. The summed E-state index contributed by atoms with van der Waals surface area (Å²) in [6, 6.07) is 19.0. The fourth-order valence-corrected chi connectivity index (χ4v) is 4.17. The maximum absolute atomic E-state index is 13.9. The van der Waals surface area contributed by atoms with E-state index in [1.807, 2.05) is 12.1 Å². The molecule has 0 spiro atoms. The molecule has 1 amide bonds. The Bertz CT molecular complexity index is 1330. The minimum atomic E-state index is -0.361. The highest BCUT2D eigenvalue weighted by atomic mass is 19.1. The number of rotatable bonds is 11. The van der Waals surface area contributed by atoms with Crippen LogP contribution in [-0.2, 0) is 22.6 Å². The van der Waals surface area contributed by atoms with Crippen LogP contribution in [-0.4, -0.2) is 19.0 Å². The molecule has 3 aromatic rings. The van der Waals surface area contributed by atoms with Crippen molar-refractivity contribution in [2.24, 2.45) is 5.92 Å². The van der Waals surface area contributed by atoms with Crippen molar-refractivity contribution >= 4 is 11.9 Å². The average molecular weight is 517 g/mol. The summed E-state index contributed by atoms with van der Waals surface area (Å²) in [5.41, 5.74) is 3.75. The van der Waals surface area contributed by atoms with Crippen molar-refractivity contribution in [2.45, 2.75) is 52.7 Å². The molecule has 0 aliphatic rings. The lowest BCUT2D eigenvalue weighted by Gasteiger charge is -2.23. The zero-order chi connectivity index (χ0) is 27.7. The predicted octanol–water partition coefficient (Wildman–Crippen LogP) is 6.21. The normalized spacial score (nSPS) is 11.5. The molecular formula is C31H33FN2O4. The van der Waals surface area contributed by atoms with E-state index in [9.17, 15) is 14.0 Å². The van der Waals surface area contributed by atoms with E-state index in [0.717, 1.165) is 11.1 Å². The number of benzene rings is 3. The van der Waals surface area contributed by atoms with Gasteiger partial charge in [0.25, 0.3) is 5.91 Å². The van der Waals surface area contributed by atoms with Crippen LogP contribution in [0.2, 0.25) is 0 Å². The van der Waals surface area contributed by atoms with Crippen molar-refractivity contribution < 1.29 is 23.5 Å². The van der Waals surface area contributed by atoms with Gasteiger partial charge in [-0.3, -0.25) is 9.59 Å². The first-order valence-corrected chi connectivity index (χ1v) is 12.6. The first kappa shape index (κ1) is 28.4. The maximum Gasteiger partial charge on any atom is 0.305 e. The molecule has 0 bridgehead atoms. The number of nitrogens with zero attached hydrogens (tertiary/aromatic N) is 1. The van der Waals surface area contributed by atoms with Gasteiger partial charge in [-0.25, -0.2) is 4.39 Å². The summed E-state index contributed by atoms with van der Waals surface area (Å²) in [7, 11) is 1.33. The lowest BCUT2D eigenvalue weighted by molar-refractivity contribution is -0.140. The van der Waals surface area contributed by atoms with E-state index < -0.39 is 0 Å². The number of aryl methyl sites for hydroxylation is 2. The third kappa shape index (κ3) is 7.91. The zero-order valence-corrected chi connectivity index (χ0v) is 22.2. The van der Waals surface area contributed by atoms with Crippen LogP contribution < -0.4 is 10.1 Å². The number of methoxy groups -OCH3 is 1. The number of amides is 1. The molecule has 0 saturated carbocycles. The van der Waals surface area contributed by atoms with Gasteiger partial charge in [-0.15, -0.1) is 0 Å². The van der Waals surface area contributed by atoms with Gasteiger partial charge in [0, 0.05) is 12.0 Å². The second-order valence-corrected chi connectivity index (χ2v) is 9.66. The molecule has 0 aliphatic heterocycles. The Hall–Kier alpha value is -4.18. The Morgan fingerprint density at radius 1 is 1.08 bits per heavy atom. The van der Waals surface area contributed by atoms with E-state index in [4.69, 9.17) is 14.7 Å². The fourth-order valence-electron chi connectivity index (χ4n) is 4.17. The number of carbonyl (C=O) groups is 2. The predicted molar refractivity (Wildman–Crippen MR) is 143 cm³/mol. The summed E-state index contributed by atoms with van der Waals surface area (Å²) in [5.74, 6) is -0.102. The third-order valence-corrected chi connectivity index (χ3v) is 6.21. The summed E-state index contributed by atoms with van der Waals surface area (Å²) in [4.78, 5) is 25.4. The van der Waals surface area contributed by atoms with E-state index in [0.29, 0.717) is 40.8 Å². The summed E-state index contributed by atoms with van der Waals surface area (Å²) in [5, 5.41) is 12.3. The number of hydrogen-bond donors (Lipinski definition) is 1. The van der Waals surface area contributed by atoms with Gasteiger partial charge in [-0.1, -0.05) is 44.2 Å². The Balaban J connectivity index is 1.88. The van der Waals surface area contributed by atoms with Crippen molar-refractivity contribution in [3.63, 3.8) is 0 Å². The number of nitrogens with one attached hydrogen (secondary N) is 1. The van der Waals surface area contributed by atoms with Gasteiger partial charge in [-0.05, 0) is 78.3 Å². The van der Waals surface area contributed by atoms with Crippen molar-refractivity contribution in [3.05, 3.63) is 99.9 Å². The quantitative estimate of drug-likeness (QED) is 0.306. The molecule has 198 valence electrons. The number of halogens is 1. The SMILES string of the molecule is COC(=O)CCc1ccc(COc2cccc(C#N)c2)cc1C(=O)NC(CC(C)C)c1ccc(F)c(C)c1. The van der Waals surface area contributed by atoms with Gasteiger partial charge < -0.3 is 14.8 Å². The minimum absolute atomic E-state index is 0.139. The highest BCUT2D eigenvalue weighted by molar-refractivity contribution is 5.96. The largest absolute Gasteiger partial charge is 0.489 e. The summed E-state index contributed by atoms with van der Waals surface area (Å²) >= 11 is 0. The monoisotopic (exact) mass is 516 g/mol. The van der Waals surface area contributed by atoms with Crippen LogP contribution in [0.4, 0.5) is 4.39 Å². The van der Waals surface area contributed by atoms with Crippen LogP contribution in [0.1, 0.15) is 70.9 Å². The Labute approximate surface area is 223 Å². The second kappa shape index (κ2) is 13.4. The number of esters is 1. The smallest absolute Gasteiger partial charge is 0.305 e. The first-order valence-electron chi connectivity index (χ1n) is 12.6. The maximum atomic E-state index is 13.9. The summed E-state index contributed by atoms with van der Waals surface area (Å²) in [6.45, 7) is 6.03. The van der Waals surface area contributed by atoms with E-state index in [1.54, 1.807) is 49.4 Å². The topological polar surface area (TPSA) is 88.4 Å². The van der Waals surface area contributed by atoms with Crippen LogP contribution in [0.25, 0.3) is 0 Å². The molecule has 0 radical (unpaired) electrons. The standard InChI is InChI=1S/C31H33FN2O4/c1-20(2)14-29(25-10-12-28(32)21(3)15-25)34-31(36)27-17-23(8-9-24(27)11-13-30(35)37-4)19-38-26-7-5-6-22(16-26)18-33/h5-10,12,15-17,20,29H,11,13-14,19H2,1-4H3,(H,34,36). The molecule has 0 fully saturated rings. The molecule has 6 nitrogen and oxygen atoms in total. The van der Waals surface area contributed by atoms with Crippen molar-refractivity contribution in [2.75, 3.05) is 7.11 Å². The molecule has 3 aromatic carbocycles. The second-order valence-electron chi connectivity index (χ2n) is 9.66. The molecule has 0 aromatic heterocycles. The fraction of sp³-hybridized carbons (Fsp3) is 0.323. The molecular weight excluding hydrogens is 483 g/mol. The highest BCUT2D eigenvalue weighted by Crippen LogP contribution is 2.25. The van der Waals surface area contributed by atoms with E-state index in [2.05, 4.69) is 25.2 Å².